The molecule has 144 heavy (non-hydrogen) atoms. The van der Waals surface area contributed by atoms with E-state index in [9.17, 15) is 0 Å². The van der Waals surface area contributed by atoms with Crippen LogP contribution in [-0.4, -0.2) is 0 Å². The zero-order valence-electron chi connectivity index (χ0n) is 80.8. The molecule has 6 aromatic heterocycles. The Hall–Kier alpha value is -17.1. The smallest absolute Gasteiger partial charge is 0.143 e. The Kier molecular flexibility index (Phi) is 25.4. The fourth-order valence-corrected chi connectivity index (χ4v) is 24.6. The minimum Gasteiger partial charge on any atom is -0.456 e. The molecule has 0 amide bonds. The topological polar surface area (TPSA) is 39.4 Å². The van der Waals surface area contributed by atoms with E-state index in [1.165, 1.54) is 215 Å². The van der Waals surface area contributed by atoms with Crippen molar-refractivity contribution in [3.63, 3.8) is 0 Å². The van der Waals surface area contributed by atoms with Gasteiger partial charge in [-0.3, -0.25) is 0 Å². The van der Waals surface area contributed by atoms with Gasteiger partial charge in [-0.1, -0.05) is 503 Å². The Balaban J connectivity index is 0.0000000960. The van der Waals surface area contributed by atoms with E-state index in [1.54, 1.807) is 0 Å². The Morgan fingerprint density at radius 3 is 0.819 bits per heavy atom. The molecule has 0 aliphatic carbocycles. The van der Waals surface area contributed by atoms with Crippen LogP contribution in [0.2, 0.25) is 0 Å². The van der Waals surface area contributed by atoms with E-state index >= 15 is 0 Å². The number of hydrogen-bond donors (Lipinski definition) is 0. The molecule has 0 radical (unpaired) electrons. The van der Waals surface area contributed by atoms with Crippen molar-refractivity contribution in [3.8, 4) is 111 Å². The van der Waals surface area contributed by atoms with E-state index in [2.05, 4.69) is 509 Å². The molecule has 22 aromatic carbocycles. The van der Waals surface area contributed by atoms with E-state index in [1.807, 2.05) is 64.3 Å². The summed E-state index contributed by atoms with van der Waals surface area (Å²) in [5, 5.41) is 15.2. The van der Waals surface area contributed by atoms with Crippen molar-refractivity contribution >= 4 is 160 Å². The molecule has 28 rings (SSSR count). The maximum Gasteiger partial charge on any atom is 0.143 e. The standard InChI is InChI=1S/C25H18O.3C25H18S.2C19H14O/c1-17-9-5-6-12-19(17)21-14-8-16-23-22-15-7-13-20(24(22)26-25(21)23)18-10-3-2-4-11-18;1-17-8-5-11-19(16-17)21-13-7-15-23-22-14-6-12-20(24(22)26-25(21)23)18-9-3-2-4-10-18;1-17-13-15-19(16-14-17)21-10-6-12-23-22-11-5-9-20(24(22)26-25(21)23)18-7-3-2-4-8-18;1-17-9-5-6-12-19(17)21-14-8-16-23-22-15-7-13-20(24(22)26-25(21)23)18-10-3-2-4-11-18;1-13-7-5-11-16-17-12-6-10-15(19(17)20-18(13)16)14-8-3-2-4-9-14;1-13-11-12-15(14-7-3-2-4-8-14)18-16-9-5-6-10-17(16)20-19(13)18/h4*2-16H,1H3;2*2-12H,1H3. The molecule has 0 saturated carbocycles. The highest BCUT2D eigenvalue weighted by Crippen LogP contribution is 2.50. The largest absolute Gasteiger partial charge is 0.456 e. The lowest BCUT2D eigenvalue weighted by Gasteiger charge is -2.06. The first-order valence-corrected chi connectivity index (χ1v) is 51.6. The van der Waals surface area contributed by atoms with Crippen molar-refractivity contribution in [2.45, 2.75) is 41.5 Å². The second kappa shape index (κ2) is 40.2. The number of fused-ring (bicyclic) bond motifs is 18. The van der Waals surface area contributed by atoms with Crippen molar-refractivity contribution in [1.29, 1.82) is 0 Å². The minimum absolute atomic E-state index is 0.953. The molecule has 6 heteroatoms. The SMILES string of the molecule is Cc1ccc(-c2cccc3c2sc2c(-c4ccccc4)cccc23)cc1.Cc1ccc(-c2ccccc2)c2c1oc1ccccc12.Cc1cccc(-c2cccc3c2sc2c(-c4ccccc4)cccc23)c1.Cc1cccc2c1oc1c(-c3ccccc3)cccc12.Cc1ccccc1-c1cccc2c1oc1c(-c3ccccc3)cccc12.Cc1ccccc1-c1cccc2c1sc1c(-c3ccccc3)cccc12. The molecule has 0 N–H and O–H groups in total. The third-order valence-electron chi connectivity index (χ3n) is 27.6. The summed E-state index contributed by atoms with van der Waals surface area (Å²) >= 11 is 5.73. The van der Waals surface area contributed by atoms with Crippen molar-refractivity contribution in [2.75, 3.05) is 0 Å². The lowest BCUT2D eigenvalue weighted by Crippen LogP contribution is -1.82. The molecule has 0 fully saturated rings. The van der Waals surface area contributed by atoms with Crippen LogP contribution < -0.4 is 0 Å². The van der Waals surface area contributed by atoms with E-state index in [4.69, 9.17) is 13.3 Å². The summed E-state index contributed by atoms with van der Waals surface area (Å²) < 4.78 is 26.9. The highest BCUT2D eigenvalue weighted by Gasteiger charge is 2.23. The highest BCUT2D eigenvalue weighted by atomic mass is 32.1. The molecule has 0 bridgehead atoms. The molecular weight excluding hydrogens is 1800 g/mol. The first kappa shape index (κ1) is 90.7. The Morgan fingerprint density at radius 2 is 0.403 bits per heavy atom. The van der Waals surface area contributed by atoms with E-state index in [0.717, 1.165) is 55.6 Å². The van der Waals surface area contributed by atoms with Crippen molar-refractivity contribution in [1.82, 2.24) is 0 Å². The van der Waals surface area contributed by atoms with Gasteiger partial charge in [0.1, 0.15) is 33.5 Å². The molecule has 3 nitrogen and oxygen atoms in total. The quantitative estimate of drug-likeness (QED) is 0.137. The van der Waals surface area contributed by atoms with Crippen LogP contribution in [0.5, 0.6) is 0 Å². The Morgan fingerprint density at radius 1 is 0.139 bits per heavy atom. The zero-order chi connectivity index (χ0) is 97.1. The molecule has 0 aliphatic heterocycles. The Labute approximate surface area is 850 Å². The predicted molar refractivity (Wildman–Crippen MR) is 622 cm³/mol. The summed E-state index contributed by atoms with van der Waals surface area (Å²) in [7, 11) is 0. The van der Waals surface area contributed by atoms with Crippen LogP contribution in [0.25, 0.3) is 238 Å². The number of hydrogen-bond acceptors (Lipinski definition) is 6. The van der Waals surface area contributed by atoms with Gasteiger partial charge in [-0.05, 0) is 164 Å². The summed E-state index contributed by atoms with van der Waals surface area (Å²) in [6.07, 6.45) is 0. The lowest BCUT2D eigenvalue weighted by molar-refractivity contribution is 0.666. The normalized spacial score (nSPS) is 11.3. The summed E-state index contributed by atoms with van der Waals surface area (Å²) in [4.78, 5) is 0. The minimum atomic E-state index is 0.953. The maximum atomic E-state index is 6.48. The third-order valence-corrected chi connectivity index (χ3v) is 31.5. The van der Waals surface area contributed by atoms with E-state index in [0.29, 0.717) is 0 Å². The van der Waals surface area contributed by atoms with Gasteiger partial charge in [-0.2, -0.15) is 0 Å². The second-order valence-electron chi connectivity index (χ2n) is 36.9. The first-order chi connectivity index (χ1) is 71.0. The van der Waals surface area contributed by atoms with E-state index in [-0.39, 0.29) is 0 Å². The van der Waals surface area contributed by atoms with Gasteiger partial charge < -0.3 is 13.3 Å². The fourth-order valence-electron chi connectivity index (χ4n) is 20.5. The average molecular weight is 1900 g/mol. The summed E-state index contributed by atoms with van der Waals surface area (Å²) in [5.74, 6) is 0. The van der Waals surface area contributed by atoms with Crippen LogP contribution in [0, 0.1) is 41.5 Å². The van der Waals surface area contributed by atoms with Crippen molar-refractivity contribution < 1.29 is 13.3 Å². The highest BCUT2D eigenvalue weighted by molar-refractivity contribution is 7.27. The fraction of sp³-hybridized carbons (Fsp3) is 0.0435. The van der Waals surface area contributed by atoms with Crippen molar-refractivity contribution in [2.24, 2.45) is 0 Å². The Bertz CT molecular complexity index is 9350. The molecule has 28 aromatic rings. The predicted octanol–water partition coefficient (Wildman–Crippen LogP) is 41.4. The molecule has 0 aliphatic rings. The summed E-state index contributed by atoms with van der Waals surface area (Å²) in [6.45, 7) is 12.8. The molecule has 688 valence electrons. The van der Waals surface area contributed by atoms with Crippen LogP contribution in [-0.2, 0) is 0 Å². The summed E-state index contributed by atoms with van der Waals surface area (Å²) in [6, 6.07) is 176. The van der Waals surface area contributed by atoms with Crippen LogP contribution in [0.4, 0.5) is 0 Å². The number of furan rings is 3. The molecule has 0 saturated heterocycles. The first-order valence-electron chi connectivity index (χ1n) is 49.1. The van der Waals surface area contributed by atoms with Gasteiger partial charge in [0, 0.05) is 110 Å². The molecule has 6 heterocycles. The van der Waals surface area contributed by atoms with E-state index < -0.39 is 0 Å². The van der Waals surface area contributed by atoms with Crippen LogP contribution in [0.3, 0.4) is 0 Å². The number of benzene rings is 22. The van der Waals surface area contributed by atoms with Crippen LogP contribution >= 0.6 is 34.0 Å². The number of thiophene rings is 3. The number of para-hydroxylation sites is 5. The summed E-state index contributed by atoms with van der Waals surface area (Å²) in [5.41, 5.74) is 38.5. The zero-order valence-corrected chi connectivity index (χ0v) is 83.2. The second-order valence-corrected chi connectivity index (χ2v) is 40.0. The van der Waals surface area contributed by atoms with Gasteiger partial charge in [0.2, 0.25) is 0 Å². The average Bonchev–Trinajstić information content (AvgIpc) is 1.61. The van der Waals surface area contributed by atoms with Gasteiger partial charge in [0.05, 0.1) is 0 Å². The van der Waals surface area contributed by atoms with Gasteiger partial charge >= 0.3 is 0 Å². The number of rotatable bonds is 10. The molecule has 0 spiro atoms. The molecule has 0 atom stereocenters. The van der Waals surface area contributed by atoms with Crippen LogP contribution in [0.1, 0.15) is 33.4 Å². The van der Waals surface area contributed by atoms with Crippen LogP contribution in [0.15, 0.2) is 511 Å². The molecular formula is C138H100O3S3. The molecule has 0 unspecified atom stereocenters. The lowest BCUT2D eigenvalue weighted by atomic mass is 9.98. The maximum absolute atomic E-state index is 6.48. The third kappa shape index (κ3) is 17.7. The monoisotopic (exact) mass is 1900 g/mol. The van der Waals surface area contributed by atoms with Crippen molar-refractivity contribution in [3.05, 3.63) is 531 Å². The number of aryl methyl sites for hydroxylation is 6. The van der Waals surface area contributed by atoms with Gasteiger partial charge in [-0.25, -0.2) is 0 Å². The van der Waals surface area contributed by atoms with Gasteiger partial charge in [-0.15, -0.1) is 34.0 Å². The van der Waals surface area contributed by atoms with Gasteiger partial charge in [0.25, 0.3) is 0 Å². The van der Waals surface area contributed by atoms with Gasteiger partial charge in [0.15, 0.2) is 0 Å².